The maximum Gasteiger partial charge on any atom is 0.123 e. The van der Waals surface area contributed by atoms with Crippen LogP contribution in [-0.4, -0.2) is 4.98 Å². The number of thiazole rings is 1. The number of rotatable bonds is 4. The standard InChI is InChI=1S/C14H17FN2S/c1-9(12-5-4-6-13(15)7-12)16-10(2)14-8-18-11(3)17-14/h4-10,16H,1-3H3/t9-,10?/m0/s1. The van der Waals surface area contributed by atoms with Crippen LogP contribution in [0.4, 0.5) is 4.39 Å². The predicted molar refractivity (Wildman–Crippen MR) is 73.2 cm³/mol. The predicted octanol–water partition coefficient (Wildman–Crippen LogP) is 4.00. The van der Waals surface area contributed by atoms with Crippen LogP contribution < -0.4 is 5.32 Å². The minimum absolute atomic E-state index is 0.0951. The molecule has 96 valence electrons. The lowest BCUT2D eigenvalue weighted by Gasteiger charge is -2.19. The molecule has 2 aromatic rings. The first-order valence-corrected chi connectivity index (χ1v) is 6.88. The molecule has 0 spiro atoms. The Morgan fingerprint density at radius 1 is 1.28 bits per heavy atom. The molecule has 2 nitrogen and oxygen atoms in total. The summed E-state index contributed by atoms with van der Waals surface area (Å²) in [6.07, 6.45) is 0. The third-order valence-electron chi connectivity index (χ3n) is 2.93. The average Bonchev–Trinajstić information content (AvgIpc) is 2.76. The highest BCUT2D eigenvalue weighted by atomic mass is 32.1. The summed E-state index contributed by atoms with van der Waals surface area (Å²) < 4.78 is 13.2. The van der Waals surface area contributed by atoms with Crippen molar-refractivity contribution in [2.45, 2.75) is 32.9 Å². The van der Waals surface area contributed by atoms with E-state index in [1.165, 1.54) is 6.07 Å². The van der Waals surface area contributed by atoms with Gasteiger partial charge in [-0.15, -0.1) is 11.3 Å². The van der Waals surface area contributed by atoms with Crippen LogP contribution in [0.25, 0.3) is 0 Å². The number of aromatic nitrogens is 1. The summed E-state index contributed by atoms with van der Waals surface area (Å²) in [5, 5.41) is 6.56. The number of benzene rings is 1. The maximum atomic E-state index is 13.2. The minimum atomic E-state index is -0.196. The molecule has 0 radical (unpaired) electrons. The number of nitrogens with one attached hydrogen (secondary N) is 1. The Morgan fingerprint density at radius 2 is 2.06 bits per heavy atom. The number of nitrogens with zero attached hydrogens (tertiary/aromatic N) is 1. The van der Waals surface area contributed by atoms with Crippen LogP contribution in [0.3, 0.4) is 0 Å². The molecule has 0 aliphatic rings. The molecule has 0 aliphatic carbocycles. The van der Waals surface area contributed by atoms with Crippen LogP contribution in [0.1, 0.15) is 42.2 Å². The zero-order chi connectivity index (χ0) is 13.1. The van der Waals surface area contributed by atoms with Crippen molar-refractivity contribution in [3.63, 3.8) is 0 Å². The summed E-state index contributed by atoms with van der Waals surface area (Å²) in [7, 11) is 0. The van der Waals surface area contributed by atoms with Gasteiger partial charge >= 0.3 is 0 Å². The first-order chi connectivity index (χ1) is 8.56. The lowest BCUT2D eigenvalue weighted by Crippen LogP contribution is -2.22. The zero-order valence-corrected chi connectivity index (χ0v) is 11.6. The highest BCUT2D eigenvalue weighted by molar-refractivity contribution is 7.09. The topological polar surface area (TPSA) is 24.9 Å². The molecular weight excluding hydrogens is 247 g/mol. The highest BCUT2D eigenvalue weighted by Gasteiger charge is 2.13. The molecule has 0 fully saturated rings. The van der Waals surface area contributed by atoms with Crippen LogP contribution in [0, 0.1) is 12.7 Å². The largest absolute Gasteiger partial charge is 0.302 e. The van der Waals surface area contributed by atoms with Crippen molar-refractivity contribution in [2.75, 3.05) is 0 Å². The van der Waals surface area contributed by atoms with Crippen LogP contribution in [-0.2, 0) is 0 Å². The summed E-state index contributed by atoms with van der Waals surface area (Å²) in [5.74, 6) is -0.196. The molecule has 2 atom stereocenters. The van der Waals surface area contributed by atoms with E-state index in [1.54, 1.807) is 23.5 Å². The summed E-state index contributed by atoms with van der Waals surface area (Å²) in [6.45, 7) is 6.10. The zero-order valence-electron chi connectivity index (χ0n) is 10.8. The van der Waals surface area contributed by atoms with E-state index in [0.29, 0.717) is 0 Å². The van der Waals surface area contributed by atoms with Crippen molar-refractivity contribution in [3.8, 4) is 0 Å². The van der Waals surface area contributed by atoms with Crippen molar-refractivity contribution < 1.29 is 4.39 Å². The molecule has 0 aliphatic heterocycles. The van der Waals surface area contributed by atoms with E-state index in [1.807, 2.05) is 19.9 Å². The maximum absolute atomic E-state index is 13.2. The van der Waals surface area contributed by atoms with Crippen LogP contribution >= 0.6 is 11.3 Å². The van der Waals surface area contributed by atoms with Crippen molar-refractivity contribution in [2.24, 2.45) is 0 Å². The Hall–Kier alpha value is -1.26. The Balaban J connectivity index is 2.05. The van der Waals surface area contributed by atoms with Gasteiger partial charge in [-0.2, -0.15) is 0 Å². The van der Waals surface area contributed by atoms with Crippen LogP contribution in [0.15, 0.2) is 29.6 Å². The Morgan fingerprint density at radius 3 is 2.67 bits per heavy atom. The lowest BCUT2D eigenvalue weighted by atomic mass is 10.1. The highest BCUT2D eigenvalue weighted by Crippen LogP contribution is 2.21. The van der Waals surface area contributed by atoms with Gasteiger partial charge in [-0.3, -0.25) is 0 Å². The van der Waals surface area contributed by atoms with Gasteiger partial charge in [0.15, 0.2) is 0 Å². The third kappa shape index (κ3) is 3.15. The number of aryl methyl sites for hydroxylation is 1. The molecule has 1 heterocycles. The quantitative estimate of drug-likeness (QED) is 0.902. The lowest BCUT2D eigenvalue weighted by molar-refractivity contribution is 0.485. The summed E-state index contributed by atoms with van der Waals surface area (Å²) >= 11 is 1.65. The van der Waals surface area contributed by atoms with Crippen molar-refractivity contribution >= 4 is 11.3 Å². The van der Waals surface area contributed by atoms with Gasteiger partial charge < -0.3 is 5.32 Å². The molecule has 1 aromatic heterocycles. The number of hydrogen-bond donors (Lipinski definition) is 1. The smallest absolute Gasteiger partial charge is 0.123 e. The van der Waals surface area contributed by atoms with Gasteiger partial charge in [0.25, 0.3) is 0 Å². The van der Waals surface area contributed by atoms with E-state index in [2.05, 4.69) is 22.6 Å². The molecule has 1 unspecified atom stereocenters. The molecule has 0 amide bonds. The van der Waals surface area contributed by atoms with E-state index in [4.69, 9.17) is 0 Å². The molecular formula is C14H17FN2S. The first-order valence-electron chi connectivity index (χ1n) is 6.00. The number of halogens is 1. The normalized spacial score (nSPS) is 14.4. The Kier molecular flexibility index (Phi) is 4.09. The molecule has 0 saturated heterocycles. The third-order valence-corrected chi connectivity index (χ3v) is 3.72. The van der Waals surface area contributed by atoms with Gasteiger partial charge in [0.1, 0.15) is 5.82 Å². The second kappa shape index (κ2) is 5.59. The van der Waals surface area contributed by atoms with Crippen molar-refractivity contribution in [3.05, 3.63) is 51.7 Å². The van der Waals surface area contributed by atoms with Gasteiger partial charge in [-0.1, -0.05) is 12.1 Å². The first kappa shape index (κ1) is 13.2. The van der Waals surface area contributed by atoms with E-state index < -0.39 is 0 Å². The Bertz CT molecular complexity index is 524. The van der Waals surface area contributed by atoms with Gasteiger partial charge in [-0.05, 0) is 38.5 Å². The molecule has 0 bridgehead atoms. The second-order valence-electron chi connectivity index (χ2n) is 4.46. The van der Waals surface area contributed by atoms with Crippen molar-refractivity contribution in [1.82, 2.24) is 10.3 Å². The van der Waals surface area contributed by atoms with Crippen LogP contribution in [0.2, 0.25) is 0 Å². The van der Waals surface area contributed by atoms with Gasteiger partial charge in [0, 0.05) is 17.5 Å². The fourth-order valence-corrected chi connectivity index (χ4v) is 2.62. The van der Waals surface area contributed by atoms with E-state index in [-0.39, 0.29) is 17.9 Å². The molecule has 18 heavy (non-hydrogen) atoms. The van der Waals surface area contributed by atoms with E-state index in [9.17, 15) is 4.39 Å². The molecule has 2 rings (SSSR count). The minimum Gasteiger partial charge on any atom is -0.302 e. The number of hydrogen-bond acceptors (Lipinski definition) is 3. The summed E-state index contributed by atoms with van der Waals surface area (Å²) in [6, 6.07) is 6.95. The molecule has 1 N–H and O–H groups in total. The Labute approximate surface area is 111 Å². The fraction of sp³-hybridized carbons (Fsp3) is 0.357. The molecule has 1 aromatic carbocycles. The molecule has 0 saturated carbocycles. The van der Waals surface area contributed by atoms with Gasteiger partial charge in [-0.25, -0.2) is 9.37 Å². The SMILES string of the molecule is Cc1nc(C(C)N[C@@H](C)c2cccc(F)c2)cs1. The van der Waals surface area contributed by atoms with E-state index >= 15 is 0 Å². The van der Waals surface area contributed by atoms with Gasteiger partial charge in [0.2, 0.25) is 0 Å². The molecule has 4 heteroatoms. The van der Waals surface area contributed by atoms with Crippen molar-refractivity contribution in [1.29, 1.82) is 0 Å². The average molecular weight is 264 g/mol. The fourth-order valence-electron chi connectivity index (χ4n) is 1.91. The van der Waals surface area contributed by atoms with E-state index in [0.717, 1.165) is 16.3 Å². The monoisotopic (exact) mass is 264 g/mol. The van der Waals surface area contributed by atoms with Gasteiger partial charge in [0.05, 0.1) is 10.7 Å². The van der Waals surface area contributed by atoms with Crippen LogP contribution in [0.5, 0.6) is 0 Å². The second-order valence-corrected chi connectivity index (χ2v) is 5.52. The summed E-state index contributed by atoms with van der Waals surface area (Å²) in [4.78, 5) is 4.46. The summed E-state index contributed by atoms with van der Waals surface area (Å²) in [5.41, 5.74) is 1.99.